The zero-order chi connectivity index (χ0) is 12.1. The molecule has 1 heterocycles. The van der Waals surface area contributed by atoms with Crippen molar-refractivity contribution in [2.45, 2.75) is 0 Å². The van der Waals surface area contributed by atoms with E-state index in [0.29, 0.717) is 0 Å². The zero-order valence-corrected chi connectivity index (χ0v) is 8.85. The number of nitro benzene ring substituents is 1. The number of benzene rings is 1. The third-order valence-corrected chi connectivity index (χ3v) is 2.13. The lowest BCUT2D eigenvalue weighted by atomic mass is 10.2. The molecule has 5 nitrogen and oxygen atoms in total. The first kappa shape index (κ1) is 10.9. The summed E-state index contributed by atoms with van der Waals surface area (Å²) in [6.07, 6.45) is 6.64. The number of nitro groups is 1. The van der Waals surface area contributed by atoms with Crippen LogP contribution in [0.15, 0.2) is 42.9 Å². The molecule has 2 rings (SSSR count). The van der Waals surface area contributed by atoms with Crippen molar-refractivity contribution < 1.29 is 4.92 Å². The Morgan fingerprint density at radius 2 is 2.12 bits per heavy atom. The van der Waals surface area contributed by atoms with Gasteiger partial charge in [0.25, 0.3) is 5.69 Å². The summed E-state index contributed by atoms with van der Waals surface area (Å²) in [7, 11) is 0. The molecule has 1 aromatic heterocycles. The number of aromatic nitrogens is 2. The highest BCUT2D eigenvalue weighted by molar-refractivity contribution is 5.68. The van der Waals surface area contributed by atoms with Gasteiger partial charge in [0.1, 0.15) is 6.33 Å². The maximum absolute atomic E-state index is 10.6. The van der Waals surface area contributed by atoms with E-state index in [1.165, 1.54) is 18.5 Å². The largest absolute Gasteiger partial charge is 0.270 e. The highest BCUT2D eigenvalue weighted by Gasteiger charge is 2.03. The maximum atomic E-state index is 10.6. The first-order chi connectivity index (χ1) is 8.25. The minimum absolute atomic E-state index is 0.0786. The van der Waals surface area contributed by atoms with Crippen LogP contribution in [-0.4, -0.2) is 14.9 Å². The Kier molecular flexibility index (Phi) is 3.20. The van der Waals surface area contributed by atoms with Crippen LogP contribution in [0.3, 0.4) is 0 Å². The van der Waals surface area contributed by atoms with Gasteiger partial charge >= 0.3 is 0 Å². The SMILES string of the molecule is O=[N+]([O-])c1cccc(C=Cc2ccncn2)c1. The van der Waals surface area contributed by atoms with Crippen molar-refractivity contribution in [1.29, 1.82) is 0 Å². The summed E-state index contributed by atoms with van der Waals surface area (Å²) in [6, 6.07) is 8.18. The smallest absolute Gasteiger partial charge is 0.258 e. The van der Waals surface area contributed by atoms with Crippen LogP contribution in [0.1, 0.15) is 11.3 Å². The van der Waals surface area contributed by atoms with Gasteiger partial charge in [0, 0.05) is 18.3 Å². The Morgan fingerprint density at radius 3 is 2.82 bits per heavy atom. The second-order valence-electron chi connectivity index (χ2n) is 3.32. The van der Waals surface area contributed by atoms with E-state index < -0.39 is 4.92 Å². The van der Waals surface area contributed by atoms with E-state index >= 15 is 0 Å². The molecular formula is C12H9N3O2. The molecule has 17 heavy (non-hydrogen) atoms. The van der Waals surface area contributed by atoms with Crippen LogP contribution < -0.4 is 0 Å². The normalized spacial score (nSPS) is 10.6. The lowest BCUT2D eigenvalue weighted by Gasteiger charge is -1.94. The Hall–Kier alpha value is -2.56. The average molecular weight is 227 g/mol. The monoisotopic (exact) mass is 227 g/mol. The van der Waals surface area contributed by atoms with Crippen molar-refractivity contribution in [3.05, 3.63) is 64.2 Å². The lowest BCUT2D eigenvalue weighted by molar-refractivity contribution is -0.384. The van der Waals surface area contributed by atoms with Gasteiger partial charge in [-0.05, 0) is 17.7 Å². The van der Waals surface area contributed by atoms with Gasteiger partial charge in [0.15, 0.2) is 0 Å². The summed E-state index contributed by atoms with van der Waals surface area (Å²) in [6.45, 7) is 0. The van der Waals surface area contributed by atoms with Gasteiger partial charge in [0.2, 0.25) is 0 Å². The standard InChI is InChI=1S/C12H9N3O2/c16-15(17)12-3-1-2-10(8-12)4-5-11-6-7-13-9-14-11/h1-9H. The van der Waals surface area contributed by atoms with Gasteiger partial charge in [-0.3, -0.25) is 10.1 Å². The van der Waals surface area contributed by atoms with Gasteiger partial charge in [-0.15, -0.1) is 0 Å². The molecule has 0 saturated carbocycles. The zero-order valence-electron chi connectivity index (χ0n) is 8.85. The Morgan fingerprint density at radius 1 is 1.24 bits per heavy atom. The average Bonchev–Trinajstić information content (AvgIpc) is 2.38. The second kappa shape index (κ2) is 4.98. The van der Waals surface area contributed by atoms with Crippen LogP contribution in [0.2, 0.25) is 0 Å². The van der Waals surface area contributed by atoms with Gasteiger partial charge in [-0.1, -0.05) is 18.2 Å². The molecule has 0 saturated heterocycles. The summed E-state index contributed by atoms with van der Waals surface area (Å²) in [5.41, 5.74) is 1.60. The molecule has 0 N–H and O–H groups in total. The third kappa shape index (κ3) is 2.94. The van der Waals surface area contributed by atoms with Crippen LogP contribution in [0.25, 0.3) is 12.2 Å². The summed E-state index contributed by atoms with van der Waals surface area (Å²) in [5, 5.41) is 10.6. The first-order valence-corrected chi connectivity index (χ1v) is 4.94. The molecule has 0 atom stereocenters. The molecule has 0 aliphatic heterocycles. The topological polar surface area (TPSA) is 68.9 Å². The lowest BCUT2D eigenvalue weighted by Crippen LogP contribution is -1.87. The summed E-state index contributed by atoms with van der Waals surface area (Å²) in [4.78, 5) is 18.0. The second-order valence-corrected chi connectivity index (χ2v) is 3.32. The Labute approximate surface area is 97.6 Å². The first-order valence-electron chi connectivity index (χ1n) is 4.94. The van der Waals surface area contributed by atoms with Gasteiger partial charge < -0.3 is 0 Å². The Bertz CT molecular complexity index is 553. The van der Waals surface area contributed by atoms with Crippen LogP contribution in [0.4, 0.5) is 5.69 Å². The molecule has 2 aromatic rings. The van der Waals surface area contributed by atoms with E-state index in [0.717, 1.165) is 11.3 Å². The molecule has 0 unspecified atom stereocenters. The van der Waals surface area contributed by atoms with Crippen molar-refractivity contribution in [3.63, 3.8) is 0 Å². The third-order valence-electron chi connectivity index (χ3n) is 2.13. The Balaban J connectivity index is 2.22. The van der Waals surface area contributed by atoms with Gasteiger partial charge in [0.05, 0.1) is 10.6 Å². The molecule has 0 aliphatic carbocycles. The molecule has 0 aliphatic rings. The van der Waals surface area contributed by atoms with E-state index in [-0.39, 0.29) is 5.69 Å². The minimum Gasteiger partial charge on any atom is -0.258 e. The number of rotatable bonds is 3. The summed E-state index contributed by atoms with van der Waals surface area (Å²) < 4.78 is 0. The van der Waals surface area contributed by atoms with Crippen molar-refractivity contribution in [2.24, 2.45) is 0 Å². The van der Waals surface area contributed by atoms with E-state index in [4.69, 9.17) is 0 Å². The molecule has 0 fully saturated rings. The number of hydrogen-bond donors (Lipinski definition) is 0. The van der Waals surface area contributed by atoms with Crippen LogP contribution >= 0.6 is 0 Å². The molecule has 5 heteroatoms. The van der Waals surface area contributed by atoms with Crippen molar-refractivity contribution in [2.75, 3.05) is 0 Å². The van der Waals surface area contributed by atoms with Crippen molar-refractivity contribution >= 4 is 17.8 Å². The van der Waals surface area contributed by atoms with Gasteiger partial charge in [-0.25, -0.2) is 9.97 Å². The fourth-order valence-corrected chi connectivity index (χ4v) is 1.32. The number of non-ortho nitro benzene ring substituents is 1. The predicted molar refractivity (Wildman–Crippen MR) is 64.1 cm³/mol. The molecular weight excluding hydrogens is 218 g/mol. The number of nitrogens with zero attached hydrogens (tertiary/aromatic N) is 3. The fraction of sp³-hybridized carbons (Fsp3) is 0. The molecule has 0 radical (unpaired) electrons. The molecule has 0 bridgehead atoms. The highest BCUT2D eigenvalue weighted by atomic mass is 16.6. The fourth-order valence-electron chi connectivity index (χ4n) is 1.32. The maximum Gasteiger partial charge on any atom is 0.270 e. The highest BCUT2D eigenvalue weighted by Crippen LogP contribution is 2.14. The molecule has 0 amide bonds. The quantitative estimate of drug-likeness (QED) is 0.596. The summed E-state index contributed by atoms with van der Waals surface area (Å²) in [5.74, 6) is 0. The summed E-state index contributed by atoms with van der Waals surface area (Å²) >= 11 is 0. The van der Waals surface area contributed by atoms with E-state index in [1.54, 1.807) is 36.5 Å². The predicted octanol–water partition coefficient (Wildman–Crippen LogP) is 2.56. The molecule has 1 aromatic carbocycles. The van der Waals surface area contributed by atoms with Gasteiger partial charge in [-0.2, -0.15) is 0 Å². The molecule has 0 spiro atoms. The van der Waals surface area contributed by atoms with Crippen molar-refractivity contribution in [1.82, 2.24) is 9.97 Å². The van der Waals surface area contributed by atoms with Crippen molar-refractivity contribution in [3.8, 4) is 0 Å². The van der Waals surface area contributed by atoms with E-state index in [2.05, 4.69) is 9.97 Å². The van der Waals surface area contributed by atoms with Crippen LogP contribution in [0.5, 0.6) is 0 Å². The number of hydrogen-bond acceptors (Lipinski definition) is 4. The van der Waals surface area contributed by atoms with Crippen LogP contribution in [0, 0.1) is 10.1 Å². The van der Waals surface area contributed by atoms with E-state index in [1.807, 2.05) is 0 Å². The minimum atomic E-state index is -0.415. The van der Waals surface area contributed by atoms with E-state index in [9.17, 15) is 10.1 Å². The van der Waals surface area contributed by atoms with Crippen LogP contribution in [-0.2, 0) is 0 Å². The molecule has 84 valence electrons.